The third-order valence-electron chi connectivity index (χ3n) is 4.02. The van der Waals surface area contributed by atoms with E-state index >= 15 is 0 Å². The summed E-state index contributed by atoms with van der Waals surface area (Å²) < 4.78 is 0. The molecule has 0 spiro atoms. The molecule has 4 heteroatoms. The minimum atomic E-state index is 0.0256. The summed E-state index contributed by atoms with van der Waals surface area (Å²) in [5.74, 6) is 0. The maximum absolute atomic E-state index is 6.41. The van der Waals surface area contributed by atoms with E-state index in [4.69, 9.17) is 17.3 Å². The van der Waals surface area contributed by atoms with E-state index in [1.165, 1.54) is 19.4 Å². The number of likely N-dealkylation sites (N-methyl/N-ethyl adjacent to an activating group) is 2. The Balaban J connectivity index is 2.16. The van der Waals surface area contributed by atoms with Gasteiger partial charge in [-0.25, -0.2) is 0 Å². The van der Waals surface area contributed by atoms with Gasteiger partial charge in [0.05, 0.1) is 10.7 Å². The van der Waals surface area contributed by atoms with E-state index in [1.54, 1.807) is 0 Å². The summed E-state index contributed by atoms with van der Waals surface area (Å²) in [6.07, 6.45) is 2.48. The molecule has 1 aliphatic heterocycles. The first-order valence-corrected chi connectivity index (χ1v) is 7.33. The van der Waals surface area contributed by atoms with Gasteiger partial charge in [-0.3, -0.25) is 0 Å². The molecule has 3 nitrogen and oxygen atoms in total. The van der Waals surface area contributed by atoms with Gasteiger partial charge in [0.15, 0.2) is 0 Å². The lowest BCUT2D eigenvalue weighted by molar-refractivity contribution is 0.248. The average Bonchev–Trinajstić information content (AvgIpc) is 2.37. The summed E-state index contributed by atoms with van der Waals surface area (Å²) in [5.41, 5.74) is 8.08. The molecule has 1 aromatic carbocycles. The third-order valence-corrected chi connectivity index (χ3v) is 4.33. The lowest BCUT2D eigenvalue weighted by Gasteiger charge is -2.37. The highest BCUT2D eigenvalue weighted by molar-refractivity contribution is 6.33. The zero-order valence-corrected chi connectivity index (χ0v) is 12.8. The molecule has 0 aliphatic carbocycles. The van der Waals surface area contributed by atoms with Crippen LogP contribution < -0.4 is 10.6 Å². The van der Waals surface area contributed by atoms with Gasteiger partial charge in [-0.1, -0.05) is 17.7 Å². The van der Waals surface area contributed by atoms with Crippen molar-refractivity contribution in [3.63, 3.8) is 0 Å². The molecule has 0 saturated carbocycles. The van der Waals surface area contributed by atoms with Crippen LogP contribution in [0.5, 0.6) is 0 Å². The van der Waals surface area contributed by atoms with Gasteiger partial charge in [-0.2, -0.15) is 0 Å². The highest BCUT2D eigenvalue weighted by atomic mass is 35.5. The fraction of sp³-hybridized carbons (Fsp3) is 0.600. The molecule has 2 rings (SSSR count). The molecule has 1 saturated heterocycles. The highest BCUT2D eigenvalue weighted by Crippen LogP contribution is 2.30. The number of hydrogen-bond acceptors (Lipinski definition) is 3. The molecule has 1 unspecified atom stereocenters. The Kier molecular flexibility index (Phi) is 4.71. The number of likely N-dealkylation sites (tertiary alicyclic amines) is 1. The molecule has 1 fully saturated rings. The monoisotopic (exact) mass is 281 g/mol. The van der Waals surface area contributed by atoms with Crippen LogP contribution in [-0.2, 0) is 0 Å². The van der Waals surface area contributed by atoms with Crippen molar-refractivity contribution in [1.82, 2.24) is 4.90 Å². The fourth-order valence-electron chi connectivity index (χ4n) is 2.74. The van der Waals surface area contributed by atoms with Gasteiger partial charge in [0.2, 0.25) is 0 Å². The molecule has 106 valence electrons. The molecule has 1 heterocycles. The van der Waals surface area contributed by atoms with Crippen molar-refractivity contribution >= 4 is 17.3 Å². The molecule has 2 N–H and O–H groups in total. The summed E-state index contributed by atoms with van der Waals surface area (Å²) in [6.45, 7) is 4.27. The van der Waals surface area contributed by atoms with Crippen molar-refractivity contribution in [3.8, 4) is 0 Å². The number of rotatable bonds is 3. The molecular formula is C15H24ClN3. The Labute approximate surface area is 121 Å². The topological polar surface area (TPSA) is 32.5 Å². The number of hydrogen-bond donors (Lipinski definition) is 1. The maximum Gasteiger partial charge on any atom is 0.0642 e. The van der Waals surface area contributed by atoms with E-state index in [2.05, 4.69) is 36.0 Å². The van der Waals surface area contributed by atoms with Crippen LogP contribution in [0.4, 0.5) is 5.69 Å². The Morgan fingerprint density at radius 3 is 2.79 bits per heavy atom. The van der Waals surface area contributed by atoms with Gasteiger partial charge >= 0.3 is 0 Å². The Morgan fingerprint density at radius 1 is 1.47 bits per heavy atom. The SMILES string of the molecule is C[C@@H](N)c1ccc(N(C)C2CCCN(C)C2)c(Cl)c1. The second-order valence-corrected chi connectivity index (χ2v) is 6.08. The lowest BCUT2D eigenvalue weighted by atomic mass is 10.0. The van der Waals surface area contributed by atoms with Crippen LogP contribution in [0, 0.1) is 0 Å². The number of anilines is 1. The summed E-state index contributed by atoms with van der Waals surface area (Å²) in [6, 6.07) is 6.73. The van der Waals surface area contributed by atoms with Crippen LogP contribution in [0.1, 0.15) is 31.4 Å². The third kappa shape index (κ3) is 3.41. The quantitative estimate of drug-likeness (QED) is 0.925. The van der Waals surface area contributed by atoms with E-state index in [-0.39, 0.29) is 6.04 Å². The molecule has 0 radical (unpaired) electrons. The van der Waals surface area contributed by atoms with Crippen molar-refractivity contribution < 1.29 is 0 Å². The van der Waals surface area contributed by atoms with Crippen molar-refractivity contribution in [2.75, 3.05) is 32.1 Å². The van der Waals surface area contributed by atoms with Gasteiger partial charge in [-0.05, 0) is 51.1 Å². The zero-order valence-electron chi connectivity index (χ0n) is 12.1. The molecule has 1 aromatic rings. The summed E-state index contributed by atoms with van der Waals surface area (Å²) in [5, 5.41) is 0.797. The van der Waals surface area contributed by atoms with Gasteiger partial charge < -0.3 is 15.5 Å². The maximum atomic E-state index is 6.41. The summed E-state index contributed by atoms with van der Waals surface area (Å²) >= 11 is 6.41. The first kappa shape index (κ1) is 14.6. The second kappa shape index (κ2) is 6.12. The largest absolute Gasteiger partial charge is 0.369 e. The standard InChI is InChI=1S/C15H24ClN3/c1-11(17)12-6-7-15(14(16)9-12)19(3)13-5-4-8-18(2)10-13/h6-7,9,11,13H,4-5,8,10,17H2,1-3H3/t11-,13?/m1/s1. The van der Waals surface area contributed by atoms with Crippen LogP contribution in [0.15, 0.2) is 18.2 Å². The molecule has 0 aromatic heterocycles. The van der Waals surface area contributed by atoms with Crippen molar-refractivity contribution in [2.45, 2.75) is 31.8 Å². The van der Waals surface area contributed by atoms with Gasteiger partial charge in [0, 0.05) is 25.7 Å². The van der Waals surface area contributed by atoms with Crippen molar-refractivity contribution in [1.29, 1.82) is 0 Å². The predicted octanol–water partition coefficient (Wildman–Crippen LogP) is 2.89. The number of piperidine rings is 1. The second-order valence-electron chi connectivity index (χ2n) is 5.67. The zero-order chi connectivity index (χ0) is 14.0. The number of nitrogens with two attached hydrogens (primary N) is 1. The highest BCUT2D eigenvalue weighted by Gasteiger charge is 2.22. The summed E-state index contributed by atoms with van der Waals surface area (Å²) in [7, 11) is 4.32. The van der Waals surface area contributed by atoms with E-state index in [0.29, 0.717) is 6.04 Å². The predicted molar refractivity (Wildman–Crippen MR) is 83.0 cm³/mol. The van der Waals surface area contributed by atoms with E-state index < -0.39 is 0 Å². The smallest absolute Gasteiger partial charge is 0.0642 e. The van der Waals surface area contributed by atoms with E-state index in [1.807, 2.05) is 13.0 Å². The Morgan fingerprint density at radius 2 is 2.21 bits per heavy atom. The lowest BCUT2D eigenvalue weighted by Crippen LogP contribution is -2.45. The van der Waals surface area contributed by atoms with E-state index in [0.717, 1.165) is 22.8 Å². The Hall–Kier alpha value is -0.770. The van der Waals surface area contributed by atoms with Gasteiger partial charge in [0.25, 0.3) is 0 Å². The van der Waals surface area contributed by atoms with Gasteiger partial charge in [0.1, 0.15) is 0 Å². The number of halogens is 1. The van der Waals surface area contributed by atoms with E-state index in [9.17, 15) is 0 Å². The molecular weight excluding hydrogens is 258 g/mol. The normalized spacial score (nSPS) is 22.3. The average molecular weight is 282 g/mol. The van der Waals surface area contributed by atoms with Crippen molar-refractivity contribution in [2.24, 2.45) is 5.73 Å². The molecule has 0 bridgehead atoms. The number of nitrogens with zero attached hydrogens (tertiary/aromatic N) is 2. The fourth-order valence-corrected chi connectivity index (χ4v) is 3.07. The molecule has 19 heavy (non-hydrogen) atoms. The van der Waals surface area contributed by atoms with Crippen LogP contribution in [0.3, 0.4) is 0 Å². The summed E-state index contributed by atoms with van der Waals surface area (Å²) in [4.78, 5) is 4.69. The van der Waals surface area contributed by atoms with Crippen LogP contribution in [0.2, 0.25) is 5.02 Å². The van der Waals surface area contributed by atoms with Crippen LogP contribution in [0.25, 0.3) is 0 Å². The minimum absolute atomic E-state index is 0.0256. The molecule has 0 amide bonds. The first-order valence-electron chi connectivity index (χ1n) is 6.95. The van der Waals surface area contributed by atoms with Gasteiger partial charge in [-0.15, -0.1) is 0 Å². The number of benzene rings is 1. The molecule has 1 aliphatic rings. The Bertz CT molecular complexity index is 433. The van der Waals surface area contributed by atoms with Crippen LogP contribution in [-0.4, -0.2) is 38.1 Å². The van der Waals surface area contributed by atoms with Crippen LogP contribution >= 0.6 is 11.6 Å². The first-order chi connectivity index (χ1) is 8.99. The molecule has 2 atom stereocenters. The van der Waals surface area contributed by atoms with Crippen molar-refractivity contribution in [3.05, 3.63) is 28.8 Å². The minimum Gasteiger partial charge on any atom is -0.369 e.